The van der Waals surface area contributed by atoms with E-state index in [-0.39, 0.29) is 18.8 Å². The van der Waals surface area contributed by atoms with Gasteiger partial charge < -0.3 is 25.5 Å². The molecule has 7 nitrogen and oxygen atoms in total. The Bertz CT molecular complexity index is 388. The van der Waals surface area contributed by atoms with E-state index >= 15 is 0 Å². The van der Waals surface area contributed by atoms with Gasteiger partial charge in [0.1, 0.15) is 18.2 Å². The molecule has 0 amide bonds. The molecule has 0 aliphatic carbocycles. The van der Waals surface area contributed by atoms with Crippen LogP contribution in [0.1, 0.15) is 16.7 Å². The van der Waals surface area contributed by atoms with Crippen molar-refractivity contribution < 1.29 is 25.5 Å². The maximum absolute atomic E-state index is 9.90. The van der Waals surface area contributed by atoms with Gasteiger partial charge in [0.2, 0.25) is 0 Å². The standard InChI is InChI=1S/C13H22N2O5/c1-8-2-3-11(18)10(5-15-13(20)7-17)9(8)4-14-12(19)6-16/h2-3,12-20H,4-7H2,1H3. The molecule has 20 heavy (non-hydrogen) atoms. The van der Waals surface area contributed by atoms with Gasteiger partial charge in [-0.25, -0.2) is 0 Å². The maximum Gasteiger partial charge on any atom is 0.128 e. The molecule has 0 radical (unpaired) electrons. The Morgan fingerprint density at radius 1 is 0.950 bits per heavy atom. The molecule has 7 heteroatoms. The lowest BCUT2D eigenvalue weighted by molar-refractivity contribution is 0.0647. The molecule has 2 atom stereocenters. The SMILES string of the molecule is Cc1ccc(O)c(CNC(O)CO)c1CNC(O)CO. The largest absolute Gasteiger partial charge is 0.508 e. The Hall–Kier alpha value is -1.22. The van der Waals surface area contributed by atoms with Crippen molar-refractivity contribution in [2.75, 3.05) is 13.2 Å². The number of phenols is 1. The molecule has 0 heterocycles. The number of phenolic OH excluding ortho intramolecular Hbond substituents is 1. The number of aryl methyl sites for hydroxylation is 1. The molecule has 0 spiro atoms. The lowest BCUT2D eigenvalue weighted by Crippen LogP contribution is -2.34. The van der Waals surface area contributed by atoms with Crippen molar-refractivity contribution in [3.05, 3.63) is 28.8 Å². The molecular formula is C13H22N2O5. The van der Waals surface area contributed by atoms with Gasteiger partial charge in [-0.15, -0.1) is 0 Å². The second-order valence-corrected chi connectivity index (χ2v) is 4.52. The molecule has 0 aliphatic heterocycles. The molecule has 114 valence electrons. The van der Waals surface area contributed by atoms with Crippen molar-refractivity contribution in [1.29, 1.82) is 0 Å². The highest BCUT2D eigenvalue weighted by molar-refractivity contribution is 5.44. The first-order valence-corrected chi connectivity index (χ1v) is 6.34. The van der Waals surface area contributed by atoms with E-state index in [1.165, 1.54) is 0 Å². The van der Waals surface area contributed by atoms with Gasteiger partial charge in [-0.2, -0.15) is 0 Å². The number of nitrogens with one attached hydrogen (secondary N) is 2. The minimum atomic E-state index is -1.07. The van der Waals surface area contributed by atoms with Crippen LogP contribution in [-0.4, -0.2) is 51.2 Å². The summed E-state index contributed by atoms with van der Waals surface area (Å²) in [4.78, 5) is 0. The summed E-state index contributed by atoms with van der Waals surface area (Å²) in [6.45, 7) is 1.45. The summed E-state index contributed by atoms with van der Waals surface area (Å²) < 4.78 is 0. The summed E-state index contributed by atoms with van der Waals surface area (Å²) in [5.41, 5.74) is 2.22. The monoisotopic (exact) mass is 286 g/mol. The third kappa shape index (κ3) is 4.71. The highest BCUT2D eigenvalue weighted by atomic mass is 16.3. The van der Waals surface area contributed by atoms with Crippen molar-refractivity contribution in [3.8, 4) is 5.75 Å². The molecule has 1 aromatic carbocycles. The molecule has 0 aromatic heterocycles. The number of rotatable bonds is 8. The Balaban J connectivity index is 2.87. The van der Waals surface area contributed by atoms with E-state index in [4.69, 9.17) is 10.2 Å². The van der Waals surface area contributed by atoms with E-state index < -0.39 is 25.7 Å². The first-order chi connectivity index (χ1) is 9.49. The van der Waals surface area contributed by atoms with Gasteiger partial charge in [0.25, 0.3) is 0 Å². The highest BCUT2D eigenvalue weighted by Crippen LogP contribution is 2.24. The number of hydrogen-bond donors (Lipinski definition) is 7. The van der Waals surface area contributed by atoms with Crippen LogP contribution in [0.25, 0.3) is 0 Å². The number of benzene rings is 1. The maximum atomic E-state index is 9.90. The Morgan fingerprint density at radius 2 is 1.45 bits per heavy atom. The lowest BCUT2D eigenvalue weighted by atomic mass is 10.0. The zero-order valence-corrected chi connectivity index (χ0v) is 11.4. The smallest absolute Gasteiger partial charge is 0.128 e. The van der Waals surface area contributed by atoms with Crippen LogP contribution in [0.5, 0.6) is 5.75 Å². The van der Waals surface area contributed by atoms with E-state index in [0.717, 1.165) is 11.1 Å². The van der Waals surface area contributed by atoms with Crippen LogP contribution in [-0.2, 0) is 13.1 Å². The summed E-state index contributed by atoms with van der Waals surface area (Å²) >= 11 is 0. The fourth-order valence-electron chi connectivity index (χ4n) is 1.81. The van der Waals surface area contributed by atoms with Crippen LogP contribution in [0, 0.1) is 6.92 Å². The van der Waals surface area contributed by atoms with E-state index in [1.807, 2.05) is 6.92 Å². The average Bonchev–Trinajstić information content (AvgIpc) is 2.45. The van der Waals surface area contributed by atoms with Crippen molar-refractivity contribution in [2.45, 2.75) is 32.5 Å². The number of hydrogen-bond acceptors (Lipinski definition) is 7. The molecule has 0 bridgehead atoms. The minimum Gasteiger partial charge on any atom is -0.508 e. The fraction of sp³-hybridized carbons (Fsp3) is 0.538. The molecule has 7 N–H and O–H groups in total. The fourth-order valence-corrected chi connectivity index (χ4v) is 1.81. The van der Waals surface area contributed by atoms with E-state index in [1.54, 1.807) is 12.1 Å². The van der Waals surface area contributed by atoms with Gasteiger partial charge in [0.15, 0.2) is 0 Å². The van der Waals surface area contributed by atoms with E-state index in [2.05, 4.69) is 10.6 Å². The molecule has 1 rings (SSSR count). The zero-order chi connectivity index (χ0) is 15.1. The number of aliphatic hydroxyl groups excluding tert-OH is 4. The molecular weight excluding hydrogens is 264 g/mol. The lowest BCUT2D eigenvalue weighted by Gasteiger charge is -2.18. The topological polar surface area (TPSA) is 125 Å². The van der Waals surface area contributed by atoms with Crippen LogP contribution in [0.3, 0.4) is 0 Å². The normalized spacial score (nSPS) is 14.2. The average molecular weight is 286 g/mol. The van der Waals surface area contributed by atoms with Gasteiger partial charge in [0, 0.05) is 18.7 Å². The van der Waals surface area contributed by atoms with Gasteiger partial charge in [0.05, 0.1) is 13.2 Å². The molecule has 0 aliphatic rings. The molecule has 0 fully saturated rings. The van der Waals surface area contributed by atoms with Crippen molar-refractivity contribution in [1.82, 2.24) is 10.6 Å². The number of aliphatic hydroxyl groups is 4. The Kier molecular flexibility index (Phi) is 6.86. The Morgan fingerprint density at radius 3 is 1.95 bits per heavy atom. The minimum absolute atomic E-state index is 0.0588. The summed E-state index contributed by atoms with van der Waals surface area (Å²) in [6.07, 6.45) is -2.11. The van der Waals surface area contributed by atoms with Gasteiger partial charge >= 0.3 is 0 Å². The van der Waals surface area contributed by atoms with Crippen LogP contribution in [0.2, 0.25) is 0 Å². The van der Waals surface area contributed by atoms with Crippen molar-refractivity contribution in [3.63, 3.8) is 0 Å². The van der Waals surface area contributed by atoms with Gasteiger partial charge in [-0.1, -0.05) is 6.07 Å². The summed E-state index contributed by atoms with van der Waals surface area (Å²) in [6, 6.07) is 3.29. The first-order valence-electron chi connectivity index (χ1n) is 6.34. The third-order valence-corrected chi connectivity index (χ3v) is 3.02. The van der Waals surface area contributed by atoms with Crippen LogP contribution < -0.4 is 10.6 Å². The third-order valence-electron chi connectivity index (χ3n) is 3.02. The van der Waals surface area contributed by atoms with Crippen LogP contribution in [0.4, 0.5) is 0 Å². The first kappa shape index (κ1) is 16.8. The summed E-state index contributed by atoms with van der Waals surface area (Å²) in [5.74, 6) is 0.0588. The number of aromatic hydroxyl groups is 1. The molecule has 2 unspecified atom stereocenters. The van der Waals surface area contributed by atoms with Crippen LogP contribution >= 0.6 is 0 Å². The molecule has 1 aromatic rings. The quantitative estimate of drug-likeness (QED) is 0.290. The Labute approximate surface area is 117 Å². The summed E-state index contributed by atoms with van der Waals surface area (Å²) in [7, 11) is 0. The van der Waals surface area contributed by atoms with E-state index in [0.29, 0.717) is 5.56 Å². The summed E-state index contributed by atoms with van der Waals surface area (Å²) in [5, 5.41) is 51.4. The van der Waals surface area contributed by atoms with Crippen molar-refractivity contribution in [2.24, 2.45) is 0 Å². The van der Waals surface area contributed by atoms with Crippen LogP contribution in [0.15, 0.2) is 12.1 Å². The molecule has 0 saturated carbocycles. The second-order valence-electron chi connectivity index (χ2n) is 4.52. The predicted octanol–water partition coefficient (Wildman–Crippen LogP) is -1.50. The second kappa shape index (κ2) is 8.15. The van der Waals surface area contributed by atoms with Crippen molar-refractivity contribution >= 4 is 0 Å². The van der Waals surface area contributed by atoms with Gasteiger partial charge in [-0.05, 0) is 24.1 Å². The zero-order valence-electron chi connectivity index (χ0n) is 11.4. The predicted molar refractivity (Wildman–Crippen MR) is 72.7 cm³/mol. The molecule has 0 saturated heterocycles. The van der Waals surface area contributed by atoms with E-state index in [9.17, 15) is 15.3 Å². The highest BCUT2D eigenvalue weighted by Gasteiger charge is 2.13. The van der Waals surface area contributed by atoms with Gasteiger partial charge in [-0.3, -0.25) is 10.6 Å².